The average Bonchev–Trinajstić information content (AvgIpc) is 2.36. The molecule has 5 nitrogen and oxygen atoms in total. The highest BCUT2D eigenvalue weighted by molar-refractivity contribution is 7.87. The van der Waals surface area contributed by atoms with E-state index in [-0.39, 0.29) is 24.3 Å². The molecule has 0 N–H and O–H groups in total. The molecule has 0 bridgehead atoms. The van der Waals surface area contributed by atoms with E-state index in [0.29, 0.717) is 6.42 Å². The predicted octanol–water partition coefficient (Wildman–Crippen LogP) is 2.49. The molecule has 1 aliphatic carbocycles. The summed E-state index contributed by atoms with van der Waals surface area (Å²) in [6, 6.07) is 0. The Bertz CT molecular complexity index is 507. The predicted molar refractivity (Wildman–Crippen MR) is 62.7 cm³/mol. The van der Waals surface area contributed by atoms with Gasteiger partial charge in [-0.3, -0.25) is 0 Å². The lowest BCUT2D eigenvalue weighted by Crippen LogP contribution is -2.28. The maximum atomic E-state index is 12.3. The van der Waals surface area contributed by atoms with E-state index in [1.807, 2.05) is 6.92 Å². The number of rotatable bonds is 4. The largest absolute Gasteiger partial charge is 0.534 e. The van der Waals surface area contributed by atoms with Gasteiger partial charge in [-0.1, -0.05) is 13.3 Å². The van der Waals surface area contributed by atoms with Crippen LogP contribution in [-0.4, -0.2) is 27.0 Å². The summed E-state index contributed by atoms with van der Waals surface area (Å²) < 4.78 is 67.4. The van der Waals surface area contributed by atoms with Crippen molar-refractivity contribution in [2.45, 2.75) is 38.1 Å². The fourth-order valence-electron chi connectivity index (χ4n) is 1.93. The molecule has 0 saturated heterocycles. The summed E-state index contributed by atoms with van der Waals surface area (Å²) in [5.74, 6) is -1.25. The third-order valence-electron chi connectivity index (χ3n) is 3.11. The van der Waals surface area contributed by atoms with Crippen LogP contribution in [0.2, 0.25) is 0 Å². The number of hydrogen-bond donors (Lipinski definition) is 0. The van der Waals surface area contributed by atoms with Gasteiger partial charge in [0.25, 0.3) is 0 Å². The molecule has 1 atom stereocenters. The first-order valence-electron chi connectivity index (χ1n) is 5.93. The van der Waals surface area contributed by atoms with Gasteiger partial charge in [-0.15, -0.1) is 0 Å². The molecule has 0 saturated carbocycles. The Hall–Kier alpha value is -1.25. The summed E-state index contributed by atoms with van der Waals surface area (Å²) in [5.41, 5.74) is -5.67. The molecule has 20 heavy (non-hydrogen) atoms. The fourth-order valence-corrected chi connectivity index (χ4v) is 2.47. The number of ether oxygens (including phenoxy) is 1. The zero-order valence-corrected chi connectivity index (χ0v) is 11.8. The van der Waals surface area contributed by atoms with Crippen molar-refractivity contribution in [2.75, 3.05) is 7.11 Å². The van der Waals surface area contributed by atoms with Crippen molar-refractivity contribution in [3.8, 4) is 0 Å². The Morgan fingerprint density at radius 1 is 1.40 bits per heavy atom. The van der Waals surface area contributed by atoms with Gasteiger partial charge in [0.1, 0.15) is 5.76 Å². The van der Waals surface area contributed by atoms with Crippen LogP contribution in [0.5, 0.6) is 0 Å². The summed E-state index contributed by atoms with van der Waals surface area (Å²) >= 11 is 0. The van der Waals surface area contributed by atoms with Crippen LogP contribution >= 0.6 is 0 Å². The lowest BCUT2D eigenvalue weighted by Gasteiger charge is -2.24. The number of alkyl halides is 3. The third kappa shape index (κ3) is 3.65. The normalized spacial score (nSPS) is 20.8. The fraction of sp³-hybridized carbons (Fsp3) is 0.727. The number of allylic oxidation sites excluding steroid dienone is 1. The van der Waals surface area contributed by atoms with E-state index in [1.54, 1.807) is 0 Å². The molecule has 0 spiro atoms. The van der Waals surface area contributed by atoms with Crippen LogP contribution in [0.3, 0.4) is 0 Å². The molecule has 0 heterocycles. The number of carbonyl (C=O) groups excluding carboxylic acids is 1. The van der Waals surface area contributed by atoms with E-state index in [4.69, 9.17) is 0 Å². The Kier molecular flexibility index (Phi) is 5.06. The van der Waals surface area contributed by atoms with Gasteiger partial charge in [0.2, 0.25) is 0 Å². The Labute approximate surface area is 114 Å². The Morgan fingerprint density at radius 2 is 2.00 bits per heavy atom. The van der Waals surface area contributed by atoms with Crippen LogP contribution in [0.4, 0.5) is 13.2 Å². The monoisotopic (exact) mass is 316 g/mol. The van der Waals surface area contributed by atoms with Crippen molar-refractivity contribution in [2.24, 2.45) is 5.92 Å². The molecule has 0 radical (unpaired) electrons. The van der Waals surface area contributed by atoms with Crippen molar-refractivity contribution in [3.05, 3.63) is 11.3 Å². The zero-order valence-electron chi connectivity index (χ0n) is 11.0. The SMILES string of the molecule is CCC1CCC(OS(=O)(=O)C(F)(F)F)=C(C(=O)OC)C1. The van der Waals surface area contributed by atoms with E-state index in [2.05, 4.69) is 8.92 Å². The number of esters is 1. The number of halogens is 3. The van der Waals surface area contributed by atoms with Gasteiger partial charge >= 0.3 is 21.6 Å². The van der Waals surface area contributed by atoms with Crippen LogP contribution in [0.1, 0.15) is 32.6 Å². The van der Waals surface area contributed by atoms with Crippen molar-refractivity contribution in [1.82, 2.24) is 0 Å². The minimum Gasteiger partial charge on any atom is -0.466 e. The van der Waals surface area contributed by atoms with Gasteiger partial charge in [0.15, 0.2) is 0 Å². The first-order chi connectivity index (χ1) is 9.12. The maximum Gasteiger partial charge on any atom is 0.534 e. The van der Waals surface area contributed by atoms with Gasteiger partial charge in [-0.25, -0.2) is 4.79 Å². The highest BCUT2D eigenvalue weighted by atomic mass is 32.2. The van der Waals surface area contributed by atoms with Crippen LogP contribution < -0.4 is 0 Å². The van der Waals surface area contributed by atoms with E-state index >= 15 is 0 Å². The van der Waals surface area contributed by atoms with E-state index < -0.39 is 27.4 Å². The zero-order chi connectivity index (χ0) is 15.6. The highest BCUT2D eigenvalue weighted by Crippen LogP contribution is 2.36. The summed E-state index contributed by atoms with van der Waals surface area (Å²) in [5, 5.41) is 0. The quantitative estimate of drug-likeness (QED) is 0.453. The van der Waals surface area contributed by atoms with E-state index in [9.17, 15) is 26.4 Å². The molecular formula is C11H15F3O5S. The molecule has 1 unspecified atom stereocenters. The second kappa shape index (κ2) is 6.02. The lowest BCUT2D eigenvalue weighted by atomic mass is 9.86. The Balaban J connectivity index is 3.11. The van der Waals surface area contributed by atoms with Crippen molar-refractivity contribution < 1.29 is 35.3 Å². The molecule has 0 aromatic heterocycles. The van der Waals surface area contributed by atoms with Crippen molar-refractivity contribution >= 4 is 16.1 Å². The molecule has 0 fully saturated rings. The van der Waals surface area contributed by atoms with Gasteiger partial charge in [0, 0.05) is 6.42 Å². The third-order valence-corrected chi connectivity index (χ3v) is 4.10. The van der Waals surface area contributed by atoms with Crippen LogP contribution in [0, 0.1) is 5.92 Å². The second-order valence-corrected chi connectivity index (χ2v) is 5.93. The first kappa shape index (κ1) is 16.8. The van der Waals surface area contributed by atoms with Crippen LogP contribution in [0.25, 0.3) is 0 Å². The first-order valence-corrected chi connectivity index (χ1v) is 7.34. The van der Waals surface area contributed by atoms with Crippen LogP contribution in [0.15, 0.2) is 11.3 Å². The second-order valence-electron chi connectivity index (χ2n) is 4.39. The molecule has 0 aromatic rings. The summed E-state index contributed by atoms with van der Waals surface area (Å²) in [4.78, 5) is 11.5. The lowest BCUT2D eigenvalue weighted by molar-refractivity contribution is -0.136. The molecule has 1 rings (SSSR count). The maximum absolute atomic E-state index is 12.3. The molecular weight excluding hydrogens is 301 g/mol. The molecule has 0 amide bonds. The topological polar surface area (TPSA) is 69.7 Å². The van der Waals surface area contributed by atoms with E-state index in [0.717, 1.165) is 13.5 Å². The van der Waals surface area contributed by atoms with Gasteiger partial charge in [0.05, 0.1) is 12.7 Å². The minimum atomic E-state index is -5.76. The smallest absolute Gasteiger partial charge is 0.466 e. The van der Waals surface area contributed by atoms with Gasteiger partial charge in [-0.2, -0.15) is 21.6 Å². The summed E-state index contributed by atoms with van der Waals surface area (Å²) in [7, 11) is -4.69. The Morgan fingerprint density at radius 3 is 2.45 bits per heavy atom. The summed E-state index contributed by atoms with van der Waals surface area (Å²) in [6.07, 6.45) is 1.28. The molecule has 9 heteroatoms. The number of hydrogen-bond acceptors (Lipinski definition) is 5. The highest BCUT2D eigenvalue weighted by Gasteiger charge is 2.49. The van der Waals surface area contributed by atoms with Gasteiger partial charge in [-0.05, 0) is 18.8 Å². The van der Waals surface area contributed by atoms with Gasteiger partial charge < -0.3 is 8.92 Å². The van der Waals surface area contributed by atoms with Crippen LogP contribution in [-0.2, 0) is 23.8 Å². The standard InChI is InChI=1S/C11H15F3O5S/c1-3-7-4-5-9(8(6-7)10(15)18-2)19-20(16,17)11(12,13)14/h7H,3-6H2,1-2H3. The molecule has 1 aliphatic rings. The molecule has 0 aliphatic heterocycles. The van der Waals surface area contributed by atoms with E-state index in [1.165, 1.54) is 0 Å². The average molecular weight is 316 g/mol. The summed E-state index contributed by atoms with van der Waals surface area (Å²) in [6.45, 7) is 1.87. The minimum absolute atomic E-state index is 0.0434. The van der Waals surface area contributed by atoms with Crippen molar-refractivity contribution in [1.29, 1.82) is 0 Å². The number of carbonyl (C=O) groups is 1. The number of methoxy groups -OCH3 is 1. The molecule has 116 valence electrons. The van der Waals surface area contributed by atoms with Crippen molar-refractivity contribution in [3.63, 3.8) is 0 Å². The molecule has 0 aromatic carbocycles.